The van der Waals surface area contributed by atoms with Crippen molar-refractivity contribution < 1.29 is 40.2 Å². The summed E-state index contributed by atoms with van der Waals surface area (Å²) < 4.78 is 86.4. The molecule has 5 rings (SSSR count). The van der Waals surface area contributed by atoms with Gasteiger partial charge in [0.1, 0.15) is 16.3 Å². The number of halogens is 4. The van der Waals surface area contributed by atoms with Crippen LogP contribution in [0.5, 0.6) is 5.75 Å². The van der Waals surface area contributed by atoms with E-state index < -0.39 is 40.2 Å². The molecule has 2 heterocycles. The summed E-state index contributed by atoms with van der Waals surface area (Å²) in [6.45, 7) is -0.412. The number of sulfone groups is 1. The molecule has 43 heavy (non-hydrogen) atoms. The molecule has 2 amide bonds. The number of carbonyl (C=O) groups excluding carboxylic acids is 1. The molecule has 1 saturated carbocycles. The van der Waals surface area contributed by atoms with Gasteiger partial charge < -0.3 is 25.0 Å². The average Bonchev–Trinajstić information content (AvgIpc) is 3.80. The lowest BCUT2D eigenvalue weighted by Crippen LogP contribution is -2.44. The van der Waals surface area contributed by atoms with E-state index in [0.29, 0.717) is 55.4 Å². The number of nitrogens with one attached hydrogen (secondary N) is 2. The second-order valence-electron chi connectivity index (χ2n) is 10.2. The number of aromatic nitrogens is 2. The molecule has 230 valence electrons. The first kappa shape index (κ1) is 30.5. The van der Waals surface area contributed by atoms with Gasteiger partial charge in [0.2, 0.25) is 0 Å². The van der Waals surface area contributed by atoms with Gasteiger partial charge >= 0.3 is 12.6 Å². The SMILES string of the molecule is C[C@H]1COCCN1c1cc(C2(S(=O)(=O)c3ccc(OC(F)F)cc3)CC2)nc(-c2ccc(NC(=O)NCC(F)F)cc2)n1. The molecule has 1 saturated heterocycles. The first-order valence-corrected chi connectivity index (χ1v) is 14.9. The summed E-state index contributed by atoms with van der Waals surface area (Å²) in [5.41, 5.74) is 1.17. The number of carbonyl (C=O) groups is 1. The molecule has 10 nitrogen and oxygen atoms in total. The van der Waals surface area contributed by atoms with Gasteiger partial charge in [0.15, 0.2) is 15.7 Å². The Labute approximate surface area is 245 Å². The van der Waals surface area contributed by atoms with Gasteiger partial charge in [-0.1, -0.05) is 0 Å². The van der Waals surface area contributed by atoms with Crippen LogP contribution in [-0.2, 0) is 19.3 Å². The number of benzene rings is 2. The largest absolute Gasteiger partial charge is 0.435 e. The number of rotatable bonds is 10. The summed E-state index contributed by atoms with van der Waals surface area (Å²) >= 11 is 0. The Balaban J connectivity index is 1.49. The minimum absolute atomic E-state index is 0.0446. The fraction of sp³-hybridized carbons (Fsp3) is 0.393. The summed E-state index contributed by atoms with van der Waals surface area (Å²) in [7, 11) is -4.00. The van der Waals surface area contributed by atoms with Crippen molar-refractivity contribution in [1.82, 2.24) is 15.3 Å². The van der Waals surface area contributed by atoms with Crippen molar-refractivity contribution in [2.75, 3.05) is 36.5 Å². The van der Waals surface area contributed by atoms with Gasteiger partial charge in [-0.05, 0) is 68.3 Å². The van der Waals surface area contributed by atoms with E-state index in [-0.39, 0.29) is 22.5 Å². The molecule has 0 spiro atoms. The summed E-state index contributed by atoms with van der Waals surface area (Å²) in [6.07, 6.45) is -2.08. The number of anilines is 2. The van der Waals surface area contributed by atoms with E-state index in [1.807, 2.05) is 11.8 Å². The highest BCUT2D eigenvalue weighted by Crippen LogP contribution is 2.55. The van der Waals surface area contributed by atoms with Gasteiger partial charge in [0.05, 0.1) is 36.4 Å². The molecule has 2 fully saturated rings. The summed E-state index contributed by atoms with van der Waals surface area (Å²) in [4.78, 5) is 23.3. The van der Waals surface area contributed by atoms with Crippen LogP contribution in [0.2, 0.25) is 0 Å². The minimum atomic E-state index is -4.00. The predicted octanol–water partition coefficient (Wildman–Crippen LogP) is 4.82. The van der Waals surface area contributed by atoms with Crippen LogP contribution in [0.25, 0.3) is 11.4 Å². The Morgan fingerprint density at radius 2 is 1.79 bits per heavy atom. The Morgan fingerprint density at radius 1 is 1.09 bits per heavy atom. The summed E-state index contributed by atoms with van der Waals surface area (Å²) in [5.74, 6) is 0.615. The first-order valence-electron chi connectivity index (χ1n) is 13.5. The third-order valence-corrected chi connectivity index (χ3v) is 9.78. The lowest BCUT2D eigenvalue weighted by Gasteiger charge is -2.34. The Hall–Kier alpha value is -3.98. The quantitative estimate of drug-likeness (QED) is 0.309. The molecule has 0 bridgehead atoms. The number of hydrogen-bond acceptors (Lipinski definition) is 8. The van der Waals surface area contributed by atoms with Gasteiger partial charge in [-0.3, -0.25) is 0 Å². The number of morpholine rings is 1. The zero-order valence-corrected chi connectivity index (χ0v) is 23.8. The smallest absolute Gasteiger partial charge is 0.387 e. The molecule has 15 heteroatoms. The molecule has 1 atom stereocenters. The van der Waals surface area contributed by atoms with E-state index in [1.54, 1.807) is 30.3 Å². The van der Waals surface area contributed by atoms with Crippen molar-refractivity contribution in [2.45, 2.75) is 48.5 Å². The third kappa shape index (κ3) is 6.67. The Kier molecular flexibility index (Phi) is 8.74. The van der Waals surface area contributed by atoms with Crippen molar-refractivity contribution >= 4 is 27.4 Å². The summed E-state index contributed by atoms with van der Waals surface area (Å²) in [6, 6.07) is 12.1. The monoisotopic (exact) mass is 623 g/mol. The maximum atomic E-state index is 13.9. The van der Waals surface area contributed by atoms with Crippen LogP contribution in [-0.4, -0.2) is 69.8 Å². The molecule has 1 aliphatic heterocycles. The van der Waals surface area contributed by atoms with Gasteiger partial charge in [-0.2, -0.15) is 8.78 Å². The van der Waals surface area contributed by atoms with E-state index in [1.165, 1.54) is 24.3 Å². The number of hydrogen-bond donors (Lipinski definition) is 2. The van der Waals surface area contributed by atoms with Crippen LogP contribution in [0.3, 0.4) is 0 Å². The van der Waals surface area contributed by atoms with Crippen LogP contribution in [0, 0.1) is 0 Å². The molecule has 2 aromatic carbocycles. The fourth-order valence-electron chi connectivity index (χ4n) is 4.86. The second kappa shape index (κ2) is 12.3. The van der Waals surface area contributed by atoms with Crippen molar-refractivity contribution in [3.8, 4) is 17.1 Å². The van der Waals surface area contributed by atoms with Gasteiger partial charge in [0.25, 0.3) is 6.43 Å². The van der Waals surface area contributed by atoms with Crippen LogP contribution in [0.4, 0.5) is 33.9 Å². The highest BCUT2D eigenvalue weighted by molar-refractivity contribution is 7.92. The second-order valence-corrected chi connectivity index (χ2v) is 12.5. The van der Waals surface area contributed by atoms with Gasteiger partial charge in [0, 0.05) is 23.9 Å². The van der Waals surface area contributed by atoms with Crippen LogP contribution >= 0.6 is 0 Å². The molecule has 1 aliphatic carbocycles. The maximum absolute atomic E-state index is 13.9. The van der Waals surface area contributed by atoms with Crippen LogP contribution in [0.15, 0.2) is 59.5 Å². The molecule has 2 N–H and O–H groups in total. The highest BCUT2D eigenvalue weighted by Gasteiger charge is 2.58. The average molecular weight is 624 g/mol. The number of amides is 2. The lowest BCUT2D eigenvalue weighted by atomic mass is 10.1. The Morgan fingerprint density at radius 3 is 2.40 bits per heavy atom. The fourth-order valence-corrected chi connectivity index (χ4v) is 6.83. The Bertz CT molecular complexity index is 1550. The van der Waals surface area contributed by atoms with Crippen LogP contribution < -0.4 is 20.3 Å². The predicted molar refractivity (Wildman–Crippen MR) is 149 cm³/mol. The molecule has 3 aromatic rings. The summed E-state index contributed by atoms with van der Waals surface area (Å²) in [5, 5.41) is 4.52. The molecule has 2 aliphatic rings. The van der Waals surface area contributed by atoms with E-state index in [9.17, 15) is 30.8 Å². The number of urea groups is 1. The topological polar surface area (TPSA) is 123 Å². The standard InChI is InChI=1S/C28H29F4N5O5S/c1-17-16-41-13-12-37(17)24-14-22(28(10-11-28)43(39,40)21-8-6-20(7-9-21)42-26(31)32)35-25(36-24)18-2-4-19(5-3-18)34-27(38)33-15-23(29)30/h2-9,14,17,23,26H,10-13,15-16H2,1H3,(H2,33,34,38)/t17-/m0/s1. The molecular weight excluding hydrogens is 594 g/mol. The number of alkyl halides is 4. The normalized spacial score (nSPS) is 18.0. The zero-order valence-electron chi connectivity index (χ0n) is 23.0. The van der Waals surface area contributed by atoms with Gasteiger partial charge in [-0.25, -0.2) is 32.0 Å². The minimum Gasteiger partial charge on any atom is -0.435 e. The maximum Gasteiger partial charge on any atom is 0.387 e. The number of nitrogens with zero attached hydrogens (tertiary/aromatic N) is 3. The molecular formula is C28H29F4N5O5S. The van der Waals surface area contributed by atoms with Crippen LogP contribution in [0.1, 0.15) is 25.5 Å². The van der Waals surface area contributed by atoms with E-state index >= 15 is 0 Å². The third-order valence-electron chi connectivity index (χ3n) is 7.24. The lowest BCUT2D eigenvalue weighted by molar-refractivity contribution is -0.0498. The molecule has 0 radical (unpaired) electrons. The number of ether oxygens (including phenoxy) is 2. The van der Waals surface area contributed by atoms with Crippen molar-refractivity contribution in [2.24, 2.45) is 0 Å². The molecule has 0 unspecified atom stereocenters. The van der Waals surface area contributed by atoms with Crippen molar-refractivity contribution in [3.05, 3.63) is 60.3 Å². The van der Waals surface area contributed by atoms with Crippen molar-refractivity contribution in [3.63, 3.8) is 0 Å². The highest BCUT2D eigenvalue weighted by atomic mass is 32.2. The van der Waals surface area contributed by atoms with Gasteiger partial charge in [-0.15, -0.1) is 0 Å². The van der Waals surface area contributed by atoms with Crippen molar-refractivity contribution in [1.29, 1.82) is 0 Å². The van der Waals surface area contributed by atoms with E-state index in [0.717, 1.165) is 0 Å². The van der Waals surface area contributed by atoms with E-state index in [4.69, 9.17) is 14.7 Å². The van der Waals surface area contributed by atoms with E-state index in [2.05, 4.69) is 15.4 Å². The zero-order chi connectivity index (χ0) is 30.8. The first-order chi connectivity index (χ1) is 20.5. The molecule has 1 aromatic heterocycles.